The van der Waals surface area contributed by atoms with E-state index in [4.69, 9.17) is 5.26 Å². The zero-order valence-corrected chi connectivity index (χ0v) is 16.4. The Labute approximate surface area is 177 Å². The molecule has 2 amide bonds. The van der Waals surface area contributed by atoms with E-state index in [1.54, 1.807) is 28.9 Å². The molecular formula is C21H18N8O2. The maximum atomic E-state index is 11.9. The van der Waals surface area contributed by atoms with E-state index in [1.807, 2.05) is 12.1 Å². The number of imide groups is 1. The summed E-state index contributed by atoms with van der Waals surface area (Å²) in [4.78, 5) is 32.6. The highest BCUT2D eigenvalue weighted by Gasteiger charge is 2.26. The molecule has 0 radical (unpaired) electrons. The molecule has 0 unspecified atom stereocenters. The van der Waals surface area contributed by atoms with Crippen LogP contribution < -0.4 is 16.0 Å². The number of fused-ring (bicyclic) bond motifs is 1. The Kier molecular flexibility index (Phi) is 4.55. The molecule has 31 heavy (non-hydrogen) atoms. The normalized spacial score (nSPS) is 17.1. The van der Waals surface area contributed by atoms with Crippen molar-refractivity contribution in [1.82, 2.24) is 24.9 Å². The summed E-state index contributed by atoms with van der Waals surface area (Å²) in [5.74, 6) is 0.260. The fourth-order valence-electron chi connectivity index (χ4n) is 3.27. The van der Waals surface area contributed by atoms with Crippen molar-refractivity contribution in [1.29, 1.82) is 5.26 Å². The monoisotopic (exact) mass is 414 g/mol. The Morgan fingerprint density at radius 3 is 2.71 bits per heavy atom. The third kappa shape index (κ3) is 3.93. The first-order chi connectivity index (χ1) is 15.1. The summed E-state index contributed by atoms with van der Waals surface area (Å²) in [6.07, 6.45) is 5.43. The summed E-state index contributed by atoms with van der Waals surface area (Å²) in [5, 5.41) is 22.2. The van der Waals surface area contributed by atoms with Crippen LogP contribution in [0.4, 0.5) is 11.9 Å². The quantitative estimate of drug-likeness (QED) is 0.409. The van der Waals surface area contributed by atoms with Gasteiger partial charge in [0.05, 0.1) is 24.3 Å². The molecule has 10 nitrogen and oxygen atoms in total. The van der Waals surface area contributed by atoms with E-state index in [9.17, 15) is 9.59 Å². The number of benzene rings is 1. The van der Waals surface area contributed by atoms with Crippen molar-refractivity contribution in [3.8, 4) is 6.07 Å². The molecule has 0 bridgehead atoms. The van der Waals surface area contributed by atoms with Crippen LogP contribution >= 0.6 is 0 Å². The number of hydrogen-bond donors (Lipinski definition) is 3. The Morgan fingerprint density at radius 1 is 1.23 bits per heavy atom. The van der Waals surface area contributed by atoms with E-state index in [-0.39, 0.29) is 12.3 Å². The Morgan fingerprint density at radius 2 is 2.03 bits per heavy atom. The number of anilines is 2. The second-order valence-corrected chi connectivity index (χ2v) is 7.51. The van der Waals surface area contributed by atoms with Gasteiger partial charge in [-0.1, -0.05) is 12.1 Å². The molecule has 1 aliphatic heterocycles. The van der Waals surface area contributed by atoms with Gasteiger partial charge in [-0.05, 0) is 36.6 Å². The predicted molar refractivity (Wildman–Crippen MR) is 112 cm³/mol. The van der Waals surface area contributed by atoms with E-state index in [0.717, 1.165) is 18.4 Å². The maximum absolute atomic E-state index is 11.9. The minimum Gasteiger partial charge on any atom is -0.351 e. The molecule has 5 rings (SSSR count). The number of nitrogens with zero attached hydrogens (tertiary/aromatic N) is 5. The number of rotatable bonds is 6. The highest BCUT2D eigenvalue weighted by Crippen LogP contribution is 2.26. The standard InChI is InChI=1S/C21H18N8O2/c22-9-12-1-3-13(4-2-12)10-23-20-27-18-15(7-14-8-17(30)26-19(14)31)11-24-29(18)21(28-20)25-16-5-6-16/h1-4,7,11,16H,5-6,8,10H2,(H,26,30,31)(H2,23,25,27,28)/b14-7+. The van der Waals surface area contributed by atoms with Crippen LogP contribution in [0.1, 0.15) is 36.0 Å². The number of nitriles is 1. The molecule has 3 aromatic rings. The molecule has 1 aliphatic carbocycles. The molecule has 2 aromatic heterocycles. The third-order valence-electron chi connectivity index (χ3n) is 5.06. The van der Waals surface area contributed by atoms with Crippen molar-refractivity contribution in [3.63, 3.8) is 0 Å². The first kappa shape index (κ1) is 18.7. The van der Waals surface area contributed by atoms with Gasteiger partial charge in [-0.25, -0.2) is 0 Å². The van der Waals surface area contributed by atoms with Crippen molar-refractivity contribution < 1.29 is 9.59 Å². The summed E-state index contributed by atoms with van der Waals surface area (Å²) in [6.45, 7) is 0.478. The van der Waals surface area contributed by atoms with Gasteiger partial charge in [0.2, 0.25) is 17.8 Å². The van der Waals surface area contributed by atoms with Crippen molar-refractivity contribution in [2.75, 3.05) is 10.6 Å². The van der Waals surface area contributed by atoms with E-state index in [0.29, 0.717) is 46.8 Å². The maximum Gasteiger partial charge on any atom is 0.254 e. The number of aromatic nitrogens is 4. The molecule has 1 saturated heterocycles. The molecular weight excluding hydrogens is 396 g/mol. The van der Waals surface area contributed by atoms with Crippen molar-refractivity contribution in [2.45, 2.75) is 31.8 Å². The Balaban J connectivity index is 1.47. The smallest absolute Gasteiger partial charge is 0.254 e. The first-order valence-electron chi connectivity index (χ1n) is 9.89. The fourth-order valence-corrected chi connectivity index (χ4v) is 3.27. The van der Waals surface area contributed by atoms with E-state index < -0.39 is 5.91 Å². The largest absolute Gasteiger partial charge is 0.351 e. The van der Waals surface area contributed by atoms with E-state index in [1.165, 1.54) is 0 Å². The van der Waals surface area contributed by atoms with Crippen molar-refractivity contribution in [3.05, 3.63) is 52.7 Å². The van der Waals surface area contributed by atoms with Gasteiger partial charge in [0.1, 0.15) is 0 Å². The summed E-state index contributed by atoms with van der Waals surface area (Å²) < 4.78 is 1.60. The number of carbonyl (C=O) groups is 2. The average molecular weight is 414 g/mol. The highest BCUT2D eigenvalue weighted by atomic mass is 16.2. The van der Waals surface area contributed by atoms with E-state index in [2.05, 4.69) is 37.1 Å². The van der Waals surface area contributed by atoms with Crippen LogP contribution in [0, 0.1) is 11.3 Å². The zero-order chi connectivity index (χ0) is 21.4. The SMILES string of the molecule is N#Cc1ccc(CNc2nc(NC3CC3)n3ncc(/C=C4\CC(=O)NC4=O)c3n2)cc1. The lowest BCUT2D eigenvalue weighted by Gasteiger charge is -2.10. The van der Waals surface area contributed by atoms with E-state index >= 15 is 0 Å². The molecule has 3 N–H and O–H groups in total. The number of amides is 2. The topological polar surface area (TPSA) is 137 Å². The Bertz CT molecular complexity index is 1270. The second kappa shape index (κ2) is 7.53. The molecule has 2 aliphatic rings. The van der Waals surface area contributed by atoms with Crippen LogP contribution in [0.2, 0.25) is 0 Å². The van der Waals surface area contributed by atoms with Crippen LogP contribution in [-0.2, 0) is 16.1 Å². The summed E-state index contributed by atoms with van der Waals surface area (Å²) in [7, 11) is 0. The van der Waals surface area contributed by atoms with Gasteiger partial charge in [-0.2, -0.15) is 24.8 Å². The third-order valence-corrected chi connectivity index (χ3v) is 5.06. The van der Waals surface area contributed by atoms with Crippen LogP contribution in [0.5, 0.6) is 0 Å². The van der Waals surface area contributed by atoms with Gasteiger partial charge in [0, 0.05) is 23.7 Å². The Hall–Kier alpha value is -4.26. The summed E-state index contributed by atoms with van der Waals surface area (Å²) in [6, 6.07) is 9.72. The predicted octanol–water partition coefficient (Wildman–Crippen LogP) is 1.61. The molecule has 3 heterocycles. The van der Waals surface area contributed by atoms with Gasteiger partial charge < -0.3 is 10.6 Å². The molecule has 0 spiro atoms. The van der Waals surface area contributed by atoms with Crippen LogP contribution in [0.3, 0.4) is 0 Å². The van der Waals surface area contributed by atoms with Gasteiger partial charge in [-0.3, -0.25) is 14.9 Å². The fraction of sp³-hybridized carbons (Fsp3) is 0.238. The zero-order valence-electron chi connectivity index (χ0n) is 16.4. The minimum atomic E-state index is -0.395. The summed E-state index contributed by atoms with van der Waals surface area (Å²) in [5.41, 5.74) is 3.12. The molecule has 1 aromatic carbocycles. The van der Waals surface area contributed by atoms with Gasteiger partial charge in [-0.15, -0.1) is 0 Å². The van der Waals surface area contributed by atoms with Crippen molar-refractivity contribution >= 4 is 35.4 Å². The van der Waals surface area contributed by atoms with Crippen molar-refractivity contribution in [2.24, 2.45) is 0 Å². The molecule has 0 atom stereocenters. The van der Waals surface area contributed by atoms with Gasteiger partial charge in [0.15, 0.2) is 5.65 Å². The highest BCUT2D eigenvalue weighted by molar-refractivity contribution is 6.15. The lowest BCUT2D eigenvalue weighted by atomic mass is 10.1. The molecule has 10 heteroatoms. The minimum absolute atomic E-state index is 0.0399. The lowest BCUT2D eigenvalue weighted by Crippen LogP contribution is -2.19. The number of hydrogen-bond acceptors (Lipinski definition) is 8. The lowest BCUT2D eigenvalue weighted by molar-refractivity contribution is -0.124. The molecule has 1 saturated carbocycles. The number of nitrogens with one attached hydrogen (secondary N) is 3. The van der Waals surface area contributed by atoms with Crippen LogP contribution in [-0.4, -0.2) is 37.4 Å². The van der Waals surface area contributed by atoms with Crippen LogP contribution in [0.25, 0.3) is 11.7 Å². The second-order valence-electron chi connectivity index (χ2n) is 7.51. The first-order valence-corrected chi connectivity index (χ1v) is 9.89. The van der Waals surface area contributed by atoms with Gasteiger partial charge in [0.25, 0.3) is 5.91 Å². The van der Waals surface area contributed by atoms with Crippen LogP contribution in [0.15, 0.2) is 36.0 Å². The average Bonchev–Trinajstić information content (AvgIpc) is 3.41. The number of carbonyl (C=O) groups excluding carboxylic acids is 2. The molecule has 154 valence electrons. The molecule has 2 fully saturated rings. The summed E-state index contributed by atoms with van der Waals surface area (Å²) >= 11 is 0. The van der Waals surface area contributed by atoms with Gasteiger partial charge >= 0.3 is 0 Å².